The molecule has 0 aliphatic heterocycles. The summed E-state index contributed by atoms with van der Waals surface area (Å²) in [4.78, 5) is 6.88. The first-order valence-electron chi connectivity index (χ1n) is 7.06. The number of H-pyrrole nitrogens is 1. The summed E-state index contributed by atoms with van der Waals surface area (Å²) < 4.78 is 27.0. The first kappa shape index (κ1) is 14.5. The maximum Gasteiger partial charge on any atom is 0.257 e. The minimum atomic E-state index is -3.44. The summed E-state index contributed by atoms with van der Waals surface area (Å²) in [7, 11) is -3.44. The van der Waals surface area contributed by atoms with Crippen molar-refractivity contribution < 1.29 is 8.42 Å². The molecule has 108 valence electrons. The molecule has 2 atom stereocenters. The van der Waals surface area contributed by atoms with E-state index in [-0.39, 0.29) is 5.03 Å². The van der Waals surface area contributed by atoms with E-state index in [1.807, 2.05) is 6.92 Å². The summed E-state index contributed by atoms with van der Waals surface area (Å²) in [5.74, 6) is 1.76. The molecule has 1 aliphatic rings. The van der Waals surface area contributed by atoms with Crippen molar-refractivity contribution in [3.63, 3.8) is 0 Å². The molecule has 19 heavy (non-hydrogen) atoms. The van der Waals surface area contributed by atoms with Gasteiger partial charge >= 0.3 is 0 Å². The van der Waals surface area contributed by atoms with E-state index in [1.54, 1.807) is 0 Å². The van der Waals surface area contributed by atoms with Gasteiger partial charge < -0.3 is 4.98 Å². The summed E-state index contributed by atoms with van der Waals surface area (Å²) in [6.07, 6.45) is 6.90. The Kier molecular flexibility index (Phi) is 4.62. The quantitative estimate of drug-likeness (QED) is 0.869. The monoisotopic (exact) mass is 285 g/mol. The molecule has 0 radical (unpaired) electrons. The van der Waals surface area contributed by atoms with Gasteiger partial charge in [0, 0.05) is 13.0 Å². The number of nitrogens with one attached hydrogen (secondary N) is 2. The number of aromatic nitrogens is 2. The zero-order chi connectivity index (χ0) is 13.9. The predicted molar refractivity (Wildman–Crippen MR) is 74.3 cm³/mol. The van der Waals surface area contributed by atoms with Gasteiger partial charge in [-0.15, -0.1) is 0 Å². The number of aromatic amines is 1. The van der Waals surface area contributed by atoms with E-state index >= 15 is 0 Å². The standard InChI is InChI=1S/C13H23N3O2S/c1-3-12-14-9-13(16-12)19(17,18)15-8-11-7-5-4-6-10(11)2/h9-11,15H,3-8H2,1-2H3,(H,14,16). The van der Waals surface area contributed by atoms with Crippen molar-refractivity contribution in [2.75, 3.05) is 6.54 Å². The van der Waals surface area contributed by atoms with Gasteiger partial charge in [-0.3, -0.25) is 0 Å². The zero-order valence-electron chi connectivity index (χ0n) is 11.6. The minimum Gasteiger partial charge on any atom is -0.332 e. The molecule has 1 aliphatic carbocycles. The van der Waals surface area contributed by atoms with Gasteiger partial charge in [0.2, 0.25) is 0 Å². The van der Waals surface area contributed by atoms with Gasteiger partial charge in [-0.05, 0) is 18.3 Å². The SMILES string of the molecule is CCc1ncc(S(=O)(=O)NCC2CCCCC2C)[nH]1. The summed E-state index contributed by atoms with van der Waals surface area (Å²) in [5.41, 5.74) is 0. The van der Waals surface area contributed by atoms with Crippen LogP contribution in [0.25, 0.3) is 0 Å². The van der Waals surface area contributed by atoms with Gasteiger partial charge in [0.1, 0.15) is 5.82 Å². The molecule has 0 amide bonds. The first-order chi connectivity index (χ1) is 9.03. The normalized spacial score (nSPS) is 24.5. The summed E-state index contributed by atoms with van der Waals surface area (Å²) in [5, 5.41) is 0.174. The van der Waals surface area contributed by atoms with Gasteiger partial charge in [-0.1, -0.05) is 33.1 Å². The number of aryl methyl sites for hydroxylation is 1. The first-order valence-corrected chi connectivity index (χ1v) is 8.54. The van der Waals surface area contributed by atoms with Gasteiger partial charge in [0.15, 0.2) is 5.03 Å². The molecule has 0 aromatic carbocycles. The third-order valence-electron chi connectivity index (χ3n) is 4.05. The predicted octanol–water partition coefficient (Wildman–Crippen LogP) is 2.08. The summed E-state index contributed by atoms with van der Waals surface area (Å²) in [6.45, 7) is 4.68. The number of rotatable bonds is 5. The van der Waals surface area contributed by atoms with Crippen molar-refractivity contribution in [2.24, 2.45) is 11.8 Å². The average molecular weight is 285 g/mol. The topological polar surface area (TPSA) is 74.8 Å². The molecule has 2 unspecified atom stereocenters. The van der Waals surface area contributed by atoms with Gasteiger partial charge in [-0.2, -0.15) is 0 Å². The number of hydrogen-bond donors (Lipinski definition) is 2. The van der Waals surface area contributed by atoms with Crippen LogP contribution >= 0.6 is 0 Å². The Morgan fingerprint density at radius 3 is 2.79 bits per heavy atom. The van der Waals surface area contributed by atoms with Crippen molar-refractivity contribution in [3.05, 3.63) is 12.0 Å². The molecule has 0 saturated heterocycles. The smallest absolute Gasteiger partial charge is 0.257 e. The van der Waals surface area contributed by atoms with E-state index in [0.717, 1.165) is 6.42 Å². The fourth-order valence-corrected chi connectivity index (χ4v) is 3.68. The highest BCUT2D eigenvalue weighted by Crippen LogP contribution is 2.29. The molecule has 0 spiro atoms. The summed E-state index contributed by atoms with van der Waals surface area (Å²) in [6, 6.07) is 0. The van der Waals surface area contributed by atoms with E-state index in [1.165, 1.54) is 25.5 Å². The molecule has 0 bridgehead atoms. The lowest BCUT2D eigenvalue weighted by molar-refractivity contribution is 0.257. The molecule has 1 fully saturated rings. The van der Waals surface area contributed by atoms with Crippen molar-refractivity contribution >= 4 is 10.0 Å². The third-order valence-corrected chi connectivity index (χ3v) is 5.39. The van der Waals surface area contributed by atoms with E-state index in [2.05, 4.69) is 21.6 Å². The second-order valence-corrected chi connectivity index (χ2v) is 7.16. The van der Waals surface area contributed by atoms with Crippen LogP contribution in [-0.4, -0.2) is 24.9 Å². The Balaban J connectivity index is 1.97. The highest BCUT2D eigenvalue weighted by molar-refractivity contribution is 7.89. The second-order valence-electron chi connectivity index (χ2n) is 5.42. The van der Waals surface area contributed by atoms with Gasteiger partial charge in [-0.25, -0.2) is 18.1 Å². The molecule has 1 saturated carbocycles. The van der Waals surface area contributed by atoms with Gasteiger partial charge in [0.05, 0.1) is 6.20 Å². The van der Waals surface area contributed by atoms with Crippen LogP contribution in [0.1, 0.15) is 45.4 Å². The molecule has 1 heterocycles. The fourth-order valence-electron chi connectivity index (χ4n) is 2.65. The number of sulfonamides is 1. The maximum absolute atomic E-state index is 12.1. The number of hydrogen-bond acceptors (Lipinski definition) is 3. The average Bonchev–Trinajstić information content (AvgIpc) is 2.87. The van der Waals surface area contributed by atoms with Crippen LogP contribution in [0.3, 0.4) is 0 Å². The molecule has 2 rings (SSSR count). The van der Waals surface area contributed by atoms with Crippen LogP contribution < -0.4 is 4.72 Å². The van der Waals surface area contributed by atoms with Crippen molar-refractivity contribution in [1.29, 1.82) is 0 Å². The third kappa shape index (κ3) is 3.57. The molecular formula is C13H23N3O2S. The molecule has 5 nitrogen and oxygen atoms in total. The van der Waals surface area contributed by atoms with Crippen LogP contribution in [-0.2, 0) is 16.4 Å². The van der Waals surface area contributed by atoms with Crippen LogP contribution in [0.15, 0.2) is 11.2 Å². The molecule has 6 heteroatoms. The lowest BCUT2D eigenvalue weighted by atomic mass is 9.81. The van der Waals surface area contributed by atoms with Crippen LogP contribution in [0.4, 0.5) is 0 Å². The van der Waals surface area contributed by atoms with Crippen LogP contribution in [0.5, 0.6) is 0 Å². The molecule has 1 aromatic heterocycles. The van der Waals surface area contributed by atoms with Crippen LogP contribution in [0, 0.1) is 11.8 Å². The maximum atomic E-state index is 12.1. The summed E-state index contributed by atoms with van der Waals surface area (Å²) >= 11 is 0. The highest BCUT2D eigenvalue weighted by Gasteiger charge is 2.24. The largest absolute Gasteiger partial charge is 0.332 e. The zero-order valence-corrected chi connectivity index (χ0v) is 12.5. The van der Waals surface area contributed by atoms with Gasteiger partial charge in [0.25, 0.3) is 10.0 Å². The van der Waals surface area contributed by atoms with E-state index < -0.39 is 10.0 Å². The molecule has 2 N–H and O–H groups in total. The van der Waals surface area contributed by atoms with Crippen molar-refractivity contribution in [3.8, 4) is 0 Å². The van der Waals surface area contributed by atoms with E-state index in [0.29, 0.717) is 30.6 Å². The lowest BCUT2D eigenvalue weighted by Gasteiger charge is -2.28. The Morgan fingerprint density at radius 1 is 1.42 bits per heavy atom. The highest BCUT2D eigenvalue weighted by atomic mass is 32.2. The van der Waals surface area contributed by atoms with Crippen molar-refractivity contribution in [2.45, 2.75) is 51.0 Å². The second kappa shape index (κ2) is 6.05. The fraction of sp³-hybridized carbons (Fsp3) is 0.769. The van der Waals surface area contributed by atoms with Crippen molar-refractivity contribution in [1.82, 2.24) is 14.7 Å². The lowest BCUT2D eigenvalue weighted by Crippen LogP contribution is -2.33. The van der Waals surface area contributed by atoms with E-state index in [9.17, 15) is 8.42 Å². The number of nitrogens with zero attached hydrogens (tertiary/aromatic N) is 1. The minimum absolute atomic E-state index is 0.174. The van der Waals surface area contributed by atoms with E-state index in [4.69, 9.17) is 0 Å². The van der Waals surface area contributed by atoms with Crippen LogP contribution in [0.2, 0.25) is 0 Å². The Hall–Kier alpha value is -0.880. The Morgan fingerprint density at radius 2 is 2.16 bits per heavy atom. The Labute approximate surface area is 115 Å². The Bertz CT molecular complexity index is 510. The molecule has 1 aromatic rings. The molecular weight excluding hydrogens is 262 g/mol. The number of imidazole rings is 1.